The number of hydrogen-bond donors (Lipinski definition) is 0. The van der Waals surface area contributed by atoms with Crippen molar-refractivity contribution in [2.45, 2.75) is 19.0 Å². The molecule has 0 radical (unpaired) electrons. The Balaban J connectivity index is 1.58. The predicted molar refractivity (Wildman–Crippen MR) is 109 cm³/mol. The van der Waals surface area contributed by atoms with Crippen molar-refractivity contribution >= 4 is 17.5 Å². The number of aromatic nitrogens is 5. The van der Waals surface area contributed by atoms with E-state index < -0.39 is 11.6 Å². The van der Waals surface area contributed by atoms with Crippen LogP contribution >= 0.6 is 11.8 Å². The van der Waals surface area contributed by atoms with Crippen LogP contribution < -0.4 is 0 Å². The van der Waals surface area contributed by atoms with Gasteiger partial charge in [-0.15, -0.1) is 5.10 Å². The lowest BCUT2D eigenvalue weighted by atomic mass is 10.2. The molecular weight excluding hydrogens is 408 g/mol. The number of Topliss-reactive ketones (excluding diaryl/α,β-unsaturated/α-hetero) is 1. The van der Waals surface area contributed by atoms with E-state index in [1.54, 1.807) is 29.2 Å². The monoisotopic (exact) mass is 425 g/mol. The number of halogens is 2. The first kappa shape index (κ1) is 20.0. The van der Waals surface area contributed by atoms with Crippen LogP contribution in [0.2, 0.25) is 0 Å². The van der Waals surface area contributed by atoms with Gasteiger partial charge in [-0.1, -0.05) is 30.0 Å². The number of carbonyl (C=O) groups excluding carboxylic acids is 1. The number of ketones is 1. The van der Waals surface area contributed by atoms with Gasteiger partial charge in [-0.25, -0.2) is 8.78 Å². The summed E-state index contributed by atoms with van der Waals surface area (Å²) in [4.78, 5) is 12.9. The number of aryl methyl sites for hydroxylation is 1. The second-order valence-corrected chi connectivity index (χ2v) is 7.58. The summed E-state index contributed by atoms with van der Waals surface area (Å²) in [5.74, 6) is -1.16. The van der Waals surface area contributed by atoms with Crippen molar-refractivity contribution in [3.63, 3.8) is 0 Å². The molecule has 0 saturated carbocycles. The minimum Gasteiger partial charge on any atom is -0.315 e. The Morgan fingerprint density at radius 1 is 1.07 bits per heavy atom. The zero-order valence-corrected chi connectivity index (χ0v) is 17.0. The van der Waals surface area contributed by atoms with E-state index in [1.165, 1.54) is 11.8 Å². The zero-order chi connectivity index (χ0) is 21.3. The standard InChI is InChI=1S/C21H17F2N5OS/c1-13-10-17(14(2)27(13)19-11-15(22)8-9-18(19)23)20(29)12-30-21-24-25-26-28(21)16-6-4-3-5-7-16/h3-11H,12H2,1-2H3. The Morgan fingerprint density at radius 2 is 1.83 bits per heavy atom. The van der Waals surface area contributed by atoms with E-state index in [4.69, 9.17) is 0 Å². The molecule has 0 saturated heterocycles. The van der Waals surface area contributed by atoms with E-state index in [2.05, 4.69) is 15.5 Å². The molecule has 4 rings (SSSR count). The highest BCUT2D eigenvalue weighted by atomic mass is 32.2. The van der Waals surface area contributed by atoms with Crippen molar-refractivity contribution in [2.24, 2.45) is 0 Å². The molecular formula is C21H17F2N5OS. The van der Waals surface area contributed by atoms with Gasteiger partial charge in [0.05, 0.1) is 17.1 Å². The van der Waals surface area contributed by atoms with Crippen molar-refractivity contribution in [3.8, 4) is 11.4 Å². The number of thioether (sulfide) groups is 1. The third kappa shape index (κ3) is 3.76. The third-order valence-electron chi connectivity index (χ3n) is 4.65. The Labute approximate surface area is 175 Å². The summed E-state index contributed by atoms with van der Waals surface area (Å²) >= 11 is 1.21. The largest absolute Gasteiger partial charge is 0.315 e. The number of nitrogens with zero attached hydrogens (tertiary/aromatic N) is 5. The van der Waals surface area contributed by atoms with E-state index in [1.807, 2.05) is 30.3 Å². The van der Waals surface area contributed by atoms with Crippen LogP contribution in [0.3, 0.4) is 0 Å². The minimum absolute atomic E-state index is 0.0738. The number of para-hydroxylation sites is 1. The molecule has 2 aromatic heterocycles. The van der Waals surface area contributed by atoms with Crippen LogP contribution in [0.15, 0.2) is 59.8 Å². The second-order valence-electron chi connectivity index (χ2n) is 6.64. The van der Waals surface area contributed by atoms with Crippen LogP contribution in [0.4, 0.5) is 8.78 Å². The molecule has 2 heterocycles. The topological polar surface area (TPSA) is 65.6 Å². The lowest BCUT2D eigenvalue weighted by Gasteiger charge is -2.11. The minimum atomic E-state index is -0.561. The molecule has 4 aromatic rings. The molecule has 0 fully saturated rings. The van der Waals surface area contributed by atoms with E-state index in [-0.39, 0.29) is 17.2 Å². The number of tetrazole rings is 1. The van der Waals surface area contributed by atoms with Crippen molar-refractivity contribution in [2.75, 3.05) is 5.75 Å². The van der Waals surface area contributed by atoms with Gasteiger partial charge in [0.1, 0.15) is 11.6 Å². The van der Waals surface area contributed by atoms with Gasteiger partial charge in [0, 0.05) is 23.0 Å². The quantitative estimate of drug-likeness (QED) is 0.340. The van der Waals surface area contributed by atoms with E-state index in [0.717, 1.165) is 23.9 Å². The summed E-state index contributed by atoms with van der Waals surface area (Å²) in [6.45, 7) is 3.46. The smallest absolute Gasteiger partial charge is 0.214 e. The molecule has 6 nitrogen and oxygen atoms in total. The van der Waals surface area contributed by atoms with Crippen LogP contribution in [0.25, 0.3) is 11.4 Å². The highest BCUT2D eigenvalue weighted by Crippen LogP contribution is 2.26. The molecule has 30 heavy (non-hydrogen) atoms. The highest BCUT2D eigenvalue weighted by Gasteiger charge is 2.20. The normalized spacial score (nSPS) is 11.1. The van der Waals surface area contributed by atoms with Gasteiger partial charge < -0.3 is 4.57 Å². The van der Waals surface area contributed by atoms with Crippen LogP contribution in [0, 0.1) is 25.5 Å². The lowest BCUT2D eigenvalue weighted by molar-refractivity contribution is 0.102. The molecule has 9 heteroatoms. The molecule has 0 spiro atoms. The van der Waals surface area contributed by atoms with Gasteiger partial charge in [-0.05, 0) is 54.6 Å². The molecule has 0 N–H and O–H groups in total. The zero-order valence-electron chi connectivity index (χ0n) is 16.2. The number of carbonyl (C=O) groups is 1. The van der Waals surface area contributed by atoms with Gasteiger partial charge in [-0.2, -0.15) is 4.68 Å². The summed E-state index contributed by atoms with van der Waals surface area (Å²) in [6.07, 6.45) is 0. The Bertz CT molecular complexity index is 1220. The first-order valence-electron chi connectivity index (χ1n) is 9.10. The van der Waals surface area contributed by atoms with E-state index in [0.29, 0.717) is 22.1 Å². The maximum Gasteiger partial charge on any atom is 0.214 e. The van der Waals surface area contributed by atoms with Crippen LogP contribution in [-0.2, 0) is 0 Å². The second kappa shape index (κ2) is 8.19. The first-order valence-corrected chi connectivity index (χ1v) is 10.1. The molecule has 2 aromatic carbocycles. The van der Waals surface area contributed by atoms with E-state index >= 15 is 0 Å². The number of rotatable bonds is 6. The van der Waals surface area contributed by atoms with Gasteiger partial charge in [0.15, 0.2) is 5.78 Å². The fraction of sp³-hybridized carbons (Fsp3) is 0.143. The van der Waals surface area contributed by atoms with Gasteiger partial charge >= 0.3 is 0 Å². The van der Waals surface area contributed by atoms with Crippen molar-refractivity contribution in [1.29, 1.82) is 0 Å². The van der Waals surface area contributed by atoms with Crippen LogP contribution in [0.5, 0.6) is 0 Å². The summed E-state index contributed by atoms with van der Waals surface area (Å²) in [6, 6.07) is 14.3. The molecule has 0 amide bonds. The van der Waals surface area contributed by atoms with Crippen molar-refractivity contribution in [3.05, 3.63) is 83.2 Å². The maximum atomic E-state index is 14.3. The van der Waals surface area contributed by atoms with E-state index in [9.17, 15) is 13.6 Å². The Kier molecular flexibility index (Phi) is 5.45. The Hall–Kier alpha value is -3.33. The summed E-state index contributed by atoms with van der Waals surface area (Å²) in [7, 11) is 0. The molecule has 0 aliphatic heterocycles. The first-order chi connectivity index (χ1) is 14.5. The molecule has 152 valence electrons. The molecule has 0 atom stereocenters. The summed E-state index contributed by atoms with van der Waals surface area (Å²) in [5.41, 5.74) is 2.49. The highest BCUT2D eigenvalue weighted by molar-refractivity contribution is 7.99. The number of hydrogen-bond acceptors (Lipinski definition) is 5. The van der Waals surface area contributed by atoms with Crippen LogP contribution in [-0.4, -0.2) is 36.3 Å². The van der Waals surface area contributed by atoms with Gasteiger partial charge in [-0.3, -0.25) is 4.79 Å². The van der Waals surface area contributed by atoms with Gasteiger partial charge in [0.2, 0.25) is 5.16 Å². The molecule has 0 aliphatic rings. The predicted octanol–water partition coefficient (Wildman–Crippen LogP) is 4.32. The molecule has 0 bridgehead atoms. The average molecular weight is 425 g/mol. The average Bonchev–Trinajstić information content (AvgIpc) is 3.33. The summed E-state index contributed by atoms with van der Waals surface area (Å²) in [5, 5.41) is 12.1. The lowest BCUT2D eigenvalue weighted by Crippen LogP contribution is -2.08. The summed E-state index contributed by atoms with van der Waals surface area (Å²) < 4.78 is 31.0. The Morgan fingerprint density at radius 3 is 2.60 bits per heavy atom. The fourth-order valence-electron chi connectivity index (χ4n) is 3.28. The number of benzene rings is 2. The van der Waals surface area contributed by atoms with Crippen molar-refractivity contribution < 1.29 is 13.6 Å². The maximum absolute atomic E-state index is 14.3. The molecule has 0 unspecified atom stereocenters. The van der Waals surface area contributed by atoms with Gasteiger partial charge in [0.25, 0.3) is 0 Å². The van der Waals surface area contributed by atoms with Crippen molar-refractivity contribution in [1.82, 2.24) is 24.8 Å². The fourth-order valence-corrected chi connectivity index (χ4v) is 4.06. The van der Waals surface area contributed by atoms with Crippen LogP contribution in [0.1, 0.15) is 21.7 Å². The SMILES string of the molecule is Cc1cc(C(=O)CSc2nnnn2-c2ccccc2)c(C)n1-c1cc(F)ccc1F. The third-order valence-corrected chi connectivity index (χ3v) is 5.57. The molecule has 0 aliphatic carbocycles.